The van der Waals surface area contributed by atoms with E-state index in [1.165, 1.54) is 12.1 Å². The number of rotatable bonds is 7. The van der Waals surface area contributed by atoms with Gasteiger partial charge >= 0.3 is 0 Å². The van der Waals surface area contributed by atoms with Gasteiger partial charge in [0.25, 0.3) is 0 Å². The van der Waals surface area contributed by atoms with Crippen LogP contribution in [-0.4, -0.2) is 66.9 Å². The first-order valence-electron chi connectivity index (χ1n) is 11.1. The molecule has 6 nitrogen and oxygen atoms in total. The number of carbonyl (C=O) groups excluding carboxylic acids is 2. The number of carbonyl (C=O) groups is 2. The molecule has 1 aliphatic carbocycles. The number of amides is 2. The maximum atomic E-state index is 13.1. The largest absolute Gasteiger partial charge is 0.358 e. The number of nitrogens with one attached hydrogen (secondary N) is 1. The van der Waals surface area contributed by atoms with Crippen LogP contribution in [-0.2, 0) is 16.0 Å². The molecule has 3 rings (SSSR count). The molecular formula is C24H31Cl2FN4O2. The monoisotopic (exact) mass is 496 g/mol. The van der Waals surface area contributed by atoms with Crippen molar-refractivity contribution >= 4 is 35.0 Å². The van der Waals surface area contributed by atoms with Gasteiger partial charge in [-0.05, 0) is 50.1 Å². The lowest BCUT2D eigenvalue weighted by atomic mass is 9.77. The van der Waals surface area contributed by atoms with Gasteiger partial charge in [-0.25, -0.2) is 4.39 Å². The molecule has 0 radical (unpaired) electrons. The van der Waals surface area contributed by atoms with Crippen molar-refractivity contribution < 1.29 is 14.0 Å². The topological polar surface area (TPSA) is 78.7 Å². The zero-order chi connectivity index (χ0) is 24.2. The highest BCUT2D eigenvalue weighted by molar-refractivity contribution is 6.40. The van der Waals surface area contributed by atoms with E-state index in [0.29, 0.717) is 55.5 Å². The smallest absolute Gasteiger partial charge is 0.240 e. The van der Waals surface area contributed by atoms with Crippen LogP contribution in [0.1, 0.15) is 25.3 Å². The number of nitrogens with two attached hydrogens (primary N) is 1. The van der Waals surface area contributed by atoms with E-state index < -0.39 is 11.5 Å². The first-order valence-corrected chi connectivity index (χ1v) is 11.9. The van der Waals surface area contributed by atoms with Crippen LogP contribution in [0.4, 0.5) is 4.39 Å². The van der Waals surface area contributed by atoms with Crippen molar-refractivity contribution in [1.82, 2.24) is 15.1 Å². The number of benzene rings is 1. The minimum absolute atomic E-state index is 0.0127. The highest BCUT2D eigenvalue weighted by atomic mass is 35.5. The Balaban J connectivity index is 1.56. The van der Waals surface area contributed by atoms with Crippen LogP contribution >= 0.6 is 23.2 Å². The zero-order valence-corrected chi connectivity index (χ0v) is 20.5. The maximum Gasteiger partial charge on any atom is 0.240 e. The standard InChI is InChI=1S/C24H31Cl2FN4O2/c1-16-15-30(10-9-24(23(33)29-2)8-7-19(25)20(26)14-24)11-12-31(16)22(32)21(28)13-17-3-5-18(27)6-4-17/h3-8,16,21H,9-15,28H2,1-2H3,(H,29,33). The molecule has 1 saturated heterocycles. The summed E-state index contributed by atoms with van der Waals surface area (Å²) in [5.41, 5.74) is 6.28. The van der Waals surface area contributed by atoms with E-state index in [4.69, 9.17) is 28.9 Å². The van der Waals surface area contributed by atoms with Crippen LogP contribution in [0, 0.1) is 11.2 Å². The lowest BCUT2D eigenvalue weighted by Crippen LogP contribution is -2.58. The molecule has 9 heteroatoms. The Morgan fingerprint density at radius 2 is 1.97 bits per heavy atom. The lowest BCUT2D eigenvalue weighted by Gasteiger charge is -2.42. The Kier molecular flexibility index (Phi) is 8.56. The van der Waals surface area contributed by atoms with Gasteiger partial charge in [0.15, 0.2) is 0 Å². The van der Waals surface area contributed by atoms with Gasteiger partial charge in [-0.1, -0.05) is 41.4 Å². The molecule has 3 unspecified atom stereocenters. The minimum Gasteiger partial charge on any atom is -0.358 e. The first kappa shape index (κ1) is 25.7. The molecule has 0 bridgehead atoms. The SMILES string of the molecule is CNC(=O)C1(CCN2CCN(C(=O)C(N)Cc3ccc(F)cc3)C(C)C2)C=CC(Cl)=C(Cl)C1. The van der Waals surface area contributed by atoms with Gasteiger partial charge < -0.3 is 16.0 Å². The second kappa shape index (κ2) is 11.0. The molecule has 2 amide bonds. The fourth-order valence-corrected chi connectivity index (χ4v) is 4.96. The van der Waals surface area contributed by atoms with Crippen molar-refractivity contribution in [3.8, 4) is 0 Å². The van der Waals surface area contributed by atoms with E-state index in [2.05, 4.69) is 10.2 Å². The summed E-state index contributed by atoms with van der Waals surface area (Å²) in [6, 6.07) is 5.37. The summed E-state index contributed by atoms with van der Waals surface area (Å²) in [6.45, 7) is 4.63. The molecule has 33 heavy (non-hydrogen) atoms. The third-order valence-corrected chi connectivity index (χ3v) is 7.30. The molecule has 1 fully saturated rings. The zero-order valence-electron chi connectivity index (χ0n) is 19.0. The highest BCUT2D eigenvalue weighted by Gasteiger charge is 2.39. The molecule has 0 saturated carbocycles. The predicted molar refractivity (Wildman–Crippen MR) is 129 cm³/mol. The second-order valence-corrected chi connectivity index (χ2v) is 9.73. The Hall–Kier alpha value is -1.93. The Morgan fingerprint density at radius 3 is 2.58 bits per heavy atom. The van der Waals surface area contributed by atoms with Crippen LogP contribution in [0.25, 0.3) is 0 Å². The number of piperazine rings is 1. The summed E-state index contributed by atoms with van der Waals surface area (Å²) < 4.78 is 13.1. The Morgan fingerprint density at radius 1 is 1.27 bits per heavy atom. The summed E-state index contributed by atoms with van der Waals surface area (Å²) in [5, 5.41) is 3.70. The van der Waals surface area contributed by atoms with Crippen molar-refractivity contribution in [2.24, 2.45) is 11.1 Å². The minimum atomic E-state index is -0.738. The van der Waals surface area contributed by atoms with Gasteiger partial charge in [0, 0.05) is 44.2 Å². The third-order valence-electron chi connectivity index (χ3n) is 6.51. The summed E-state index contributed by atoms with van der Waals surface area (Å²) in [6.07, 6.45) is 4.87. The number of halogens is 3. The quantitative estimate of drug-likeness (QED) is 0.607. The molecule has 1 aromatic carbocycles. The van der Waals surface area contributed by atoms with Gasteiger partial charge in [0.1, 0.15) is 5.82 Å². The summed E-state index contributed by atoms with van der Waals surface area (Å²) in [5.74, 6) is -0.503. The van der Waals surface area contributed by atoms with Crippen LogP contribution < -0.4 is 11.1 Å². The van der Waals surface area contributed by atoms with Crippen molar-refractivity contribution in [2.75, 3.05) is 33.2 Å². The third kappa shape index (κ3) is 6.15. The van der Waals surface area contributed by atoms with Crippen LogP contribution in [0.5, 0.6) is 0 Å². The van der Waals surface area contributed by atoms with E-state index >= 15 is 0 Å². The maximum absolute atomic E-state index is 13.1. The molecule has 1 aromatic rings. The molecule has 1 aliphatic heterocycles. The number of allylic oxidation sites excluding steroid dienone is 3. The average Bonchev–Trinajstić information content (AvgIpc) is 2.80. The second-order valence-electron chi connectivity index (χ2n) is 8.87. The fraction of sp³-hybridized carbons (Fsp3) is 0.500. The van der Waals surface area contributed by atoms with Crippen molar-refractivity contribution in [3.05, 3.63) is 57.9 Å². The molecule has 0 spiro atoms. The van der Waals surface area contributed by atoms with Crippen LogP contribution in [0.15, 0.2) is 46.5 Å². The van der Waals surface area contributed by atoms with E-state index in [-0.39, 0.29) is 23.7 Å². The summed E-state index contributed by atoms with van der Waals surface area (Å²) >= 11 is 12.4. The number of nitrogens with zero attached hydrogens (tertiary/aromatic N) is 2. The Labute approximate surface area is 204 Å². The normalized spacial score (nSPS) is 24.7. The molecular weight excluding hydrogens is 466 g/mol. The highest BCUT2D eigenvalue weighted by Crippen LogP contribution is 2.40. The Bertz CT molecular complexity index is 937. The molecule has 3 N–H and O–H groups in total. The van der Waals surface area contributed by atoms with Crippen LogP contribution in [0.2, 0.25) is 0 Å². The van der Waals surface area contributed by atoms with Crippen molar-refractivity contribution in [3.63, 3.8) is 0 Å². The molecule has 0 aromatic heterocycles. The summed E-state index contributed by atoms with van der Waals surface area (Å²) in [7, 11) is 1.62. The molecule has 3 atom stereocenters. The van der Waals surface area contributed by atoms with E-state index in [0.717, 1.165) is 5.56 Å². The average molecular weight is 497 g/mol. The van der Waals surface area contributed by atoms with E-state index in [1.54, 1.807) is 25.3 Å². The molecule has 180 valence electrons. The van der Waals surface area contributed by atoms with E-state index in [9.17, 15) is 14.0 Å². The van der Waals surface area contributed by atoms with Gasteiger partial charge in [0.2, 0.25) is 11.8 Å². The first-order chi connectivity index (χ1) is 15.6. The molecule has 2 aliphatic rings. The molecule has 1 heterocycles. The van der Waals surface area contributed by atoms with E-state index in [1.807, 2.05) is 17.9 Å². The van der Waals surface area contributed by atoms with Gasteiger partial charge in [0.05, 0.1) is 16.5 Å². The van der Waals surface area contributed by atoms with Crippen molar-refractivity contribution in [2.45, 2.75) is 38.3 Å². The van der Waals surface area contributed by atoms with Gasteiger partial charge in [-0.3, -0.25) is 14.5 Å². The predicted octanol–water partition coefficient (Wildman–Crippen LogP) is 3.00. The summed E-state index contributed by atoms with van der Waals surface area (Å²) in [4.78, 5) is 29.7. The van der Waals surface area contributed by atoms with Gasteiger partial charge in [-0.15, -0.1) is 0 Å². The van der Waals surface area contributed by atoms with Crippen molar-refractivity contribution in [1.29, 1.82) is 0 Å². The number of hydrogen-bond acceptors (Lipinski definition) is 4. The number of hydrogen-bond donors (Lipinski definition) is 2. The van der Waals surface area contributed by atoms with Crippen LogP contribution in [0.3, 0.4) is 0 Å². The van der Waals surface area contributed by atoms with Gasteiger partial charge in [-0.2, -0.15) is 0 Å². The fourth-order valence-electron chi connectivity index (χ4n) is 4.53. The lowest BCUT2D eigenvalue weighted by molar-refractivity contribution is -0.137.